The molecule has 0 saturated heterocycles. The van der Waals surface area contributed by atoms with Crippen molar-refractivity contribution in [3.05, 3.63) is 24.0 Å². The minimum atomic E-state index is -0.968. The first kappa shape index (κ1) is 16.3. The zero-order valence-corrected chi connectivity index (χ0v) is 13.2. The van der Waals surface area contributed by atoms with Gasteiger partial charge in [0.2, 0.25) is 0 Å². The Hall–Kier alpha value is -0.740. The smallest absolute Gasteiger partial charge is 0.0576 e. The summed E-state index contributed by atoms with van der Waals surface area (Å²) in [5, 5.41) is 0.124. The van der Waals surface area contributed by atoms with Crippen LogP contribution in [0.5, 0.6) is 0 Å². The van der Waals surface area contributed by atoms with Gasteiger partial charge in [-0.05, 0) is 42.9 Å². The van der Waals surface area contributed by atoms with E-state index in [1.54, 1.807) is 6.20 Å². The zero-order valence-electron chi connectivity index (χ0n) is 12.4. The van der Waals surface area contributed by atoms with Gasteiger partial charge in [0.15, 0.2) is 0 Å². The second-order valence-corrected chi connectivity index (χ2v) is 7.59. The van der Waals surface area contributed by atoms with Crippen LogP contribution in [0.25, 0.3) is 0 Å². The van der Waals surface area contributed by atoms with E-state index in [1.807, 2.05) is 20.0 Å². The molecule has 19 heavy (non-hydrogen) atoms. The zero-order chi connectivity index (χ0) is 14.4. The summed E-state index contributed by atoms with van der Waals surface area (Å²) >= 11 is 0. The van der Waals surface area contributed by atoms with Gasteiger partial charge >= 0.3 is 0 Å². The average Bonchev–Trinajstić information content (AvgIpc) is 2.38. The van der Waals surface area contributed by atoms with Crippen LogP contribution in [0.2, 0.25) is 0 Å². The number of nitrogens with zero attached hydrogens (tertiary/aromatic N) is 1. The second-order valence-electron chi connectivity index (χ2n) is 5.58. The van der Waals surface area contributed by atoms with Crippen LogP contribution >= 0.6 is 0 Å². The Morgan fingerprint density at radius 1 is 1.26 bits per heavy atom. The highest BCUT2D eigenvalue weighted by molar-refractivity contribution is 7.85. The van der Waals surface area contributed by atoms with Gasteiger partial charge in [0.05, 0.1) is 15.7 Å². The largest absolute Gasteiger partial charge is 0.330 e. The molecule has 2 unspecified atom stereocenters. The first-order valence-electron chi connectivity index (χ1n) is 7.03. The first-order chi connectivity index (χ1) is 8.97. The van der Waals surface area contributed by atoms with Crippen molar-refractivity contribution in [3.63, 3.8) is 0 Å². The Morgan fingerprint density at radius 3 is 2.47 bits per heavy atom. The highest BCUT2D eigenvalue weighted by Crippen LogP contribution is 2.29. The molecule has 2 atom stereocenters. The molecule has 108 valence electrons. The van der Waals surface area contributed by atoms with Gasteiger partial charge in [0.25, 0.3) is 0 Å². The summed E-state index contributed by atoms with van der Waals surface area (Å²) in [7, 11) is -0.968. The molecule has 0 spiro atoms. The Balaban J connectivity index is 2.98. The van der Waals surface area contributed by atoms with E-state index >= 15 is 0 Å². The minimum Gasteiger partial charge on any atom is -0.330 e. The molecular weight excluding hydrogens is 256 g/mol. The molecule has 0 aliphatic rings. The Kier molecular flexibility index (Phi) is 6.66. The molecule has 0 bridgehead atoms. The number of aromatic nitrogens is 1. The van der Waals surface area contributed by atoms with Crippen molar-refractivity contribution >= 4 is 10.8 Å². The number of hydrogen-bond acceptors (Lipinski definition) is 3. The average molecular weight is 282 g/mol. The molecule has 0 saturated carbocycles. The molecule has 1 heterocycles. The fourth-order valence-electron chi connectivity index (χ4n) is 2.24. The van der Waals surface area contributed by atoms with Gasteiger partial charge in [-0.15, -0.1) is 0 Å². The van der Waals surface area contributed by atoms with E-state index in [2.05, 4.69) is 24.9 Å². The van der Waals surface area contributed by atoms with Gasteiger partial charge in [-0.1, -0.05) is 27.7 Å². The predicted octanol–water partition coefficient (Wildman–Crippen LogP) is 3.08. The standard InChI is InChI=1S/C15H26N2OS/c1-11(2)15(6-5-7-16)13-8-14(10-17-9-13)19(18)12(3)4/h8-12,15H,5-7,16H2,1-4H3. The van der Waals surface area contributed by atoms with Crippen LogP contribution < -0.4 is 5.73 Å². The molecule has 0 amide bonds. The normalized spacial score (nSPS) is 14.9. The van der Waals surface area contributed by atoms with Crippen molar-refractivity contribution in [1.82, 2.24) is 4.98 Å². The highest BCUT2D eigenvalue weighted by atomic mass is 32.2. The van der Waals surface area contributed by atoms with E-state index < -0.39 is 10.8 Å². The van der Waals surface area contributed by atoms with Gasteiger partial charge in [-0.2, -0.15) is 0 Å². The van der Waals surface area contributed by atoms with E-state index in [0.717, 1.165) is 17.7 Å². The monoisotopic (exact) mass is 282 g/mol. The fourth-order valence-corrected chi connectivity index (χ4v) is 3.20. The van der Waals surface area contributed by atoms with Crippen LogP contribution in [0, 0.1) is 5.92 Å². The van der Waals surface area contributed by atoms with E-state index in [0.29, 0.717) is 18.4 Å². The maximum Gasteiger partial charge on any atom is 0.0576 e. The van der Waals surface area contributed by atoms with Gasteiger partial charge in [0.1, 0.15) is 0 Å². The van der Waals surface area contributed by atoms with Crippen molar-refractivity contribution in [2.24, 2.45) is 11.7 Å². The molecular formula is C15H26N2OS. The third-order valence-corrected chi connectivity index (χ3v) is 4.89. The number of rotatable bonds is 7. The number of pyridine rings is 1. The molecule has 0 aliphatic heterocycles. The summed E-state index contributed by atoms with van der Waals surface area (Å²) in [5.41, 5.74) is 6.80. The lowest BCUT2D eigenvalue weighted by Crippen LogP contribution is -2.12. The van der Waals surface area contributed by atoms with Crippen molar-refractivity contribution in [1.29, 1.82) is 0 Å². The summed E-state index contributed by atoms with van der Waals surface area (Å²) in [6.45, 7) is 9.09. The molecule has 0 radical (unpaired) electrons. The molecule has 1 aromatic heterocycles. The van der Waals surface area contributed by atoms with Crippen molar-refractivity contribution < 1.29 is 4.21 Å². The lowest BCUT2D eigenvalue weighted by molar-refractivity contribution is 0.456. The Bertz CT molecular complexity index is 418. The first-order valence-corrected chi connectivity index (χ1v) is 8.24. The summed E-state index contributed by atoms with van der Waals surface area (Å²) in [5.74, 6) is 0.983. The summed E-state index contributed by atoms with van der Waals surface area (Å²) in [4.78, 5) is 5.11. The third kappa shape index (κ3) is 4.69. The van der Waals surface area contributed by atoms with Crippen LogP contribution in [0.4, 0.5) is 0 Å². The van der Waals surface area contributed by atoms with Crippen LogP contribution in [0.1, 0.15) is 52.0 Å². The van der Waals surface area contributed by atoms with Gasteiger partial charge in [-0.3, -0.25) is 9.19 Å². The van der Waals surface area contributed by atoms with Gasteiger partial charge in [-0.25, -0.2) is 0 Å². The van der Waals surface area contributed by atoms with Crippen LogP contribution in [-0.4, -0.2) is 21.0 Å². The van der Waals surface area contributed by atoms with Crippen LogP contribution in [-0.2, 0) is 10.8 Å². The number of nitrogens with two attached hydrogens (primary N) is 1. The van der Waals surface area contributed by atoms with E-state index in [1.165, 1.54) is 5.56 Å². The summed E-state index contributed by atoms with van der Waals surface area (Å²) in [6.07, 6.45) is 5.70. The minimum absolute atomic E-state index is 0.124. The lowest BCUT2D eigenvalue weighted by atomic mass is 9.86. The molecule has 2 N–H and O–H groups in total. The summed E-state index contributed by atoms with van der Waals surface area (Å²) < 4.78 is 12.2. The predicted molar refractivity (Wildman–Crippen MR) is 81.6 cm³/mol. The van der Waals surface area contributed by atoms with Crippen molar-refractivity contribution in [2.45, 2.75) is 56.6 Å². The Morgan fingerprint density at radius 2 is 1.95 bits per heavy atom. The number of hydrogen-bond donors (Lipinski definition) is 1. The molecule has 0 aliphatic carbocycles. The Labute approximate surface area is 119 Å². The van der Waals surface area contributed by atoms with Gasteiger partial charge in [0, 0.05) is 17.6 Å². The molecule has 0 aromatic carbocycles. The van der Waals surface area contributed by atoms with Crippen molar-refractivity contribution in [3.8, 4) is 0 Å². The third-order valence-electron chi connectivity index (χ3n) is 3.35. The molecule has 3 nitrogen and oxygen atoms in total. The molecule has 0 fully saturated rings. The fraction of sp³-hybridized carbons (Fsp3) is 0.667. The van der Waals surface area contributed by atoms with Crippen LogP contribution in [0.3, 0.4) is 0 Å². The van der Waals surface area contributed by atoms with Crippen LogP contribution in [0.15, 0.2) is 23.4 Å². The van der Waals surface area contributed by atoms with Crippen molar-refractivity contribution in [2.75, 3.05) is 6.54 Å². The molecule has 4 heteroatoms. The quantitative estimate of drug-likeness (QED) is 0.836. The highest BCUT2D eigenvalue weighted by Gasteiger charge is 2.18. The van der Waals surface area contributed by atoms with E-state index in [-0.39, 0.29) is 5.25 Å². The van der Waals surface area contributed by atoms with E-state index in [4.69, 9.17) is 5.73 Å². The summed E-state index contributed by atoms with van der Waals surface area (Å²) in [6, 6.07) is 2.06. The van der Waals surface area contributed by atoms with E-state index in [9.17, 15) is 4.21 Å². The van der Waals surface area contributed by atoms with Gasteiger partial charge < -0.3 is 5.73 Å². The lowest BCUT2D eigenvalue weighted by Gasteiger charge is -2.21. The maximum absolute atomic E-state index is 12.2. The molecule has 1 aromatic rings. The topological polar surface area (TPSA) is 56.0 Å². The SMILES string of the molecule is CC(C)C(CCCN)c1cncc(S(=O)C(C)C)c1. The molecule has 1 rings (SSSR count). The maximum atomic E-state index is 12.2. The second kappa shape index (κ2) is 7.75.